The third kappa shape index (κ3) is 2.24. The third-order valence-electron chi connectivity index (χ3n) is 2.94. The van der Waals surface area contributed by atoms with E-state index in [4.69, 9.17) is 5.11 Å². The fourth-order valence-electron chi connectivity index (χ4n) is 1.86. The Balaban J connectivity index is 2.15. The van der Waals surface area contributed by atoms with E-state index < -0.39 is 5.97 Å². The van der Waals surface area contributed by atoms with Crippen molar-refractivity contribution >= 4 is 17.7 Å². The summed E-state index contributed by atoms with van der Waals surface area (Å²) in [5.41, 5.74) is 1.28. The molecule has 0 aliphatic heterocycles. The summed E-state index contributed by atoms with van der Waals surface area (Å²) in [5, 5.41) is 9.50. The van der Waals surface area contributed by atoms with E-state index in [1.165, 1.54) is 11.8 Å². The van der Waals surface area contributed by atoms with Crippen LogP contribution in [0.1, 0.15) is 32.0 Å². The third-order valence-corrected chi connectivity index (χ3v) is 3.89. The van der Waals surface area contributed by atoms with Crippen molar-refractivity contribution in [3.8, 4) is 0 Å². The number of carboxylic acids is 1. The monoisotopic (exact) mass is 240 g/mol. The van der Waals surface area contributed by atoms with Gasteiger partial charge >= 0.3 is 5.97 Å². The number of aromatic nitrogens is 2. The fraction of sp³-hybridized carbons (Fsp3) is 0.636. The maximum absolute atomic E-state index is 10.5. The van der Waals surface area contributed by atoms with Gasteiger partial charge in [0.1, 0.15) is 0 Å². The minimum atomic E-state index is -0.799. The van der Waals surface area contributed by atoms with Crippen molar-refractivity contribution in [2.45, 2.75) is 38.4 Å². The molecular formula is C11H16N2O2S. The molecule has 88 valence electrons. The van der Waals surface area contributed by atoms with E-state index in [2.05, 4.69) is 23.4 Å². The Morgan fingerprint density at radius 1 is 1.75 bits per heavy atom. The van der Waals surface area contributed by atoms with E-state index in [0.717, 1.165) is 17.3 Å². The molecule has 0 radical (unpaired) electrons. The number of rotatable bonds is 4. The average Bonchev–Trinajstić information content (AvgIpc) is 2.63. The number of carboxylic acid groups (broad SMARTS) is 1. The highest BCUT2D eigenvalue weighted by Crippen LogP contribution is 2.56. The smallest absolute Gasteiger partial charge is 0.313 e. The van der Waals surface area contributed by atoms with E-state index in [1.807, 2.05) is 13.1 Å². The van der Waals surface area contributed by atoms with Crippen LogP contribution in [0.3, 0.4) is 0 Å². The molecule has 4 nitrogen and oxygen atoms in total. The lowest BCUT2D eigenvalue weighted by Gasteiger charge is -2.08. The Bertz CT molecular complexity index is 426. The first-order valence-electron chi connectivity index (χ1n) is 5.30. The summed E-state index contributed by atoms with van der Waals surface area (Å²) in [7, 11) is 0. The van der Waals surface area contributed by atoms with E-state index in [1.54, 1.807) is 0 Å². The number of hydrogen-bond acceptors (Lipinski definition) is 3. The van der Waals surface area contributed by atoms with Gasteiger partial charge in [0.05, 0.1) is 11.4 Å². The van der Waals surface area contributed by atoms with Crippen molar-refractivity contribution in [2.75, 3.05) is 5.75 Å². The second-order valence-electron chi connectivity index (χ2n) is 4.96. The van der Waals surface area contributed by atoms with Crippen molar-refractivity contribution in [3.63, 3.8) is 0 Å². The Morgan fingerprint density at radius 3 is 2.88 bits per heavy atom. The van der Waals surface area contributed by atoms with Gasteiger partial charge in [0.25, 0.3) is 0 Å². The number of carbonyl (C=O) groups is 1. The Morgan fingerprint density at radius 2 is 2.38 bits per heavy atom. The van der Waals surface area contributed by atoms with Gasteiger partial charge in [-0.3, -0.25) is 4.79 Å². The molecular weight excluding hydrogens is 224 g/mol. The molecule has 0 amide bonds. The zero-order chi connectivity index (χ0) is 11.9. The van der Waals surface area contributed by atoms with Crippen molar-refractivity contribution in [1.29, 1.82) is 0 Å². The molecule has 1 N–H and O–H groups in total. The number of imidazole rings is 1. The van der Waals surface area contributed by atoms with Gasteiger partial charge in [0, 0.05) is 12.2 Å². The predicted octanol–water partition coefficient (Wildman–Crippen LogP) is 2.34. The first-order chi connectivity index (χ1) is 7.40. The van der Waals surface area contributed by atoms with Crippen molar-refractivity contribution in [3.05, 3.63) is 11.9 Å². The highest BCUT2D eigenvalue weighted by atomic mass is 32.2. The van der Waals surface area contributed by atoms with Crippen LogP contribution in [0.2, 0.25) is 0 Å². The first kappa shape index (κ1) is 11.5. The van der Waals surface area contributed by atoms with Crippen LogP contribution in [0.4, 0.5) is 0 Å². The molecule has 1 aromatic rings. The summed E-state index contributed by atoms with van der Waals surface area (Å²) in [6, 6.07) is 0.477. The van der Waals surface area contributed by atoms with Gasteiger partial charge in [-0.25, -0.2) is 4.98 Å². The lowest BCUT2D eigenvalue weighted by Crippen LogP contribution is -2.04. The van der Waals surface area contributed by atoms with Crippen LogP contribution in [-0.4, -0.2) is 26.4 Å². The average molecular weight is 240 g/mol. The van der Waals surface area contributed by atoms with Crippen LogP contribution in [0.5, 0.6) is 0 Å². The molecule has 1 fully saturated rings. The van der Waals surface area contributed by atoms with Crippen LogP contribution in [0.15, 0.2) is 11.4 Å². The van der Waals surface area contributed by atoms with Crippen molar-refractivity contribution in [2.24, 2.45) is 5.41 Å². The number of hydrogen-bond donors (Lipinski definition) is 1. The fourth-order valence-corrected chi connectivity index (χ4v) is 2.65. The van der Waals surface area contributed by atoms with Gasteiger partial charge in [-0.2, -0.15) is 0 Å². The van der Waals surface area contributed by atoms with E-state index in [0.29, 0.717) is 11.5 Å². The van der Waals surface area contributed by atoms with Crippen LogP contribution in [0.25, 0.3) is 0 Å². The zero-order valence-corrected chi connectivity index (χ0v) is 10.5. The van der Waals surface area contributed by atoms with Crippen molar-refractivity contribution in [1.82, 2.24) is 9.55 Å². The summed E-state index contributed by atoms with van der Waals surface area (Å²) < 4.78 is 2.13. The largest absolute Gasteiger partial charge is 0.481 e. The molecule has 5 heteroatoms. The molecule has 0 bridgehead atoms. The molecule has 0 aromatic carbocycles. The lowest BCUT2D eigenvalue weighted by molar-refractivity contribution is -0.133. The molecule has 0 spiro atoms. The Hall–Kier alpha value is -0.970. The van der Waals surface area contributed by atoms with E-state index >= 15 is 0 Å². The summed E-state index contributed by atoms with van der Waals surface area (Å²) in [5.74, 6) is -0.726. The lowest BCUT2D eigenvalue weighted by atomic mass is 10.2. The van der Waals surface area contributed by atoms with Gasteiger partial charge in [-0.15, -0.1) is 0 Å². The van der Waals surface area contributed by atoms with Gasteiger partial charge < -0.3 is 9.67 Å². The number of thioether (sulfide) groups is 1. The zero-order valence-electron chi connectivity index (χ0n) is 9.73. The highest BCUT2D eigenvalue weighted by molar-refractivity contribution is 7.99. The molecule has 1 aromatic heterocycles. The summed E-state index contributed by atoms with van der Waals surface area (Å²) in [6.45, 7) is 6.38. The molecule has 1 saturated carbocycles. The Labute approximate surface area is 99.1 Å². The Kier molecular flexibility index (Phi) is 2.74. The second kappa shape index (κ2) is 3.80. The maximum Gasteiger partial charge on any atom is 0.313 e. The van der Waals surface area contributed by atoms with Crippen LogP contribution >= 0.6 is 11.8 Å². The van der Waals surface area contributed by atoms with E-state index in [9.17, 15) is 4.79 Å². The molecule has 0 saturated heterocycles. The predicted molar refractivity (Wildman–Crippen MR) is 62.8 cm³/mol. The summed E-state index contributed by atoms with van der Waals surface area (Å²) in [6.07, 6.45) is 3.16. The topological polar surface area (TPSA) is 55.1 Å². The molecule has 1 unspecified atom stereocenters. The SMILES string of the molecule is Cc1cn(C2CC2(C)C)c(SCC(=O)O)n1. The molecule has 1 aliphatic carbocycles. The molecule has 1 aliphatic rings. The minimum Gasteiger partial charge on any atom is -0.481 e. The summed E-state index contributed by atoms with van der Waals surface area (Å²) in [4.78, 5) is 14.9. The quantitative estimate of drug-likeness (QED) is 0.821. The van der Waals surface area contributed by atoms with Crippen LogP contribution in [0, 0.1) is 12.3 Å². The highest BCUT2D eigenvalue weighted by Gasteiger charge is 2.47. The van der Waals surface area contributed by atoms with Gasteiger partial charge in [-0.1, -0.05) is 25.6 Å². The number of nitrogens with zero attached hydrogens (tertiary/aromatic N) is 2. The second-order valence-corrected chi connectivity index (χ2v) is 5.91. The number of aryl methyl sites for hydroxylation is 1. The van der Waals surface area contributed by atoms with Gasteiger partial charge in [0.2, 0.25) is 0 Å². The first-order valence-corrected chi connectivity index (χ1v) is 6.29. The van der Waals surface area contributed by atoms with Crippen molar-refractivity contribution < 1.29 is 9.90 Å². The van der Waals surface area contributed by atoms with Gasteiger partial charge in [-0.05, 0) is 18.8 Å². The molecule has 16 heavy (non-hydrogen) atoms. The molecule has 2 rings (SSSR count). The number of aliphatic carboxylic acids is 1. The minimum absolute atomic E-state index is 0.0730. The van der Waals surface area contributed by atoms with Crippen LogP contribution in [-0.2, 0) is 4.79 Å². The standard InChI is InChI=1S/C11H16N2O2S/c1-7-5-13(8-4-11(8,2)3)10(12-7)16-6-9(14)15/h5,8H,4,6H2,1-3H3,(H,14,15). The summed E-state index contributed by atoms with van der Waals surface area (Å²) >= 11 is 1.30. The van der Waals surface area contributed by atoms with Crippen LogP contribution < -0.4 is 0 Å². The normalized spacial score (nSPS) is 22.1. The van der Waals surface area contributed by atoms with Gasteiger partial charge in [0.15, 0.2) is 5.16 Å². The molecule has 1 atom stereocenters. The molecule has 1 heterocycles. The van der Waals surface area contributed by atoms with E-state index in [-0.39, 0.29) is 5.75 Å². The maximum atomic E-state index is 10.5.